The highest BCUT2D eigenvalue weighted by atomic mass is 16.5. The molecular formula is C16H27NO. The first kappa shape index (κ1) is 15.0. The molecule has 0 aromatic heterocycles. The lowest BCUT2D eigenvalue weighted by atomic mass is 9.93. The van der Waals surface area contributed by atoms with Gasteiger partial charge in [0.05, 0.1) is 7.11 Å². The molecule has 0 heterocycles. The highest BCUT2D eigenvalue weighted by Crippen LogP contribution is 2.27. The Morgan fingerprint density at radius 3 is 2.56 bits per heavy atom. The number of ether oxygens (including phenoxy) is 1. The summed E-state index contributed by atoms with van der Waals surface area (Å²) in [7, 11) is 1.74. The van der Waals surface area contributed by atoms with Crippen molar-refractivity contribution in [1.82, 2.24) is 5.32 Å². The van der Waals surface area contributed by atoms with Crippen molar-refractivity contribution in [3.05, 3.63) is 29.3 Å². The maximum absolute atomic E-state index is 5.42. The Morgan fingerprint density at radius 2 is 2.00 bits per heavy atom. The number of hydrogen-bond acceptors (Lipinski definition) is 2. The largest absolute Gasteiger partial charge is 0.496 e. The Morgan fingerprint density at radius 1 is 1.28 bits per heavy atom. The summed E-state index contributed by atoms with van der Waals surface area (Å²) >= 11 is 0. The van der Waals surface area contributed by atoms with Gasteiger partial charge in [0, 0.05) is 6.04 Å². The normalized spacial score (nSPS) is 14.3. The zero-order valence-electron chi connectivity index (χ0n) is 12.4. The molecule has 1 rings (SSSR count). The van der Waals surface area contributed by atoms with E-state index >= 15 is 0 Å². The first-order valence-electron chi connectivity index (χ1n) is 7.00. The van der Waals surface area contributed by atoms with E-state index in [0.717, 1.165) is 18.2 Å². The minimum Gasteiger partial charge on any atom is -0.496 e. The van der Waals surface area contributed by atoms with Gasteiger partial charge in [0.25, 0.3) is 0 Å². The molecule has 2 heteroatoms. The number of rotatable bonds is 7. The fourth-order valence-electron chi connectivity index (χ4n) is 2.21. The first-order chi connectivity index (χ1) is 8.62. The molecule has 1 aromatic rings. The van der Waals surface area contributed by atoms with Crippen molar-refractivity contribution in [3.8, 4) is 5.75 Å². The van der Waals surface area contributed by atoms with Gasteiger partial charge in [-0.15, -0.1) is 0 Å². The van der Waals surface area contributed by atoms with E-state index < -0.39 is 0 Å². The van der Waals surface area contributed by atoms with Crippen LogP contribution in [-0.2, 0) is 0 Å². The summed E-state index contributed by atoms with van der Waals surface area (Å²) in [5.74, 6) is 1.72. The third-order valence-corrected chi connectivity index (χ3v) is 3.62. The number of nitrogens with one attached hydrogen (secondary N) is 1. The Hall–Kier alpha value is -1.02. The SMILES string of the molecule is CCNC(CC(C)CC)c1ccc(C)c(OC)c1. The quantitative estimate of drug-likeness (QED) is 0.786. The van der Waals surface area contributed by atoms with Gasteiger partial charge in [-0.2, -0.15) is 0 Å². The second kappa shape index (κ2) is 7.42. The van der Waals surface area contributed by atoms with Gasteiger partial charge in [0.15, 0.2) is 0 Å². The maximum Gasteiger partial charge on any atom is 0.122 e. The Bertz CT molecular complexity index is 362. The molecule has 102 valence electrons. The van der Waals surface area contributed by atoms with Gasteiger partial charge in [-0.1, -0.05) is 39.3 Å². The molecule has 0 fully saturated rings. The molecule has 18 heavy (non-hydrogen) atoms. The molecule has 0 radical (unpaired) electrons. The predicted molar refractivity (Wildman–Crippen MR) is 78.2 cm³/mol. The van der Waals surface area contributed by atoms with Crippen LogP contribution in [0.5, 0.6) is 5.75 Å². The highest BCUT2D eigenvalue weighted by molar-refractivity contribution is 5.37. The molecule has 1 aromatic carbocycles. The summed E-state index contributed by atoms with van der Waals surface area (Å²) in [6.07, 6.45) is 2.40. The number of hydrogen-bond donors (Lipinski definition) is 1. The van der Waals surface area contributed by atoms with Crippen LogP contribution in [0.3, 0.4) is 0 Å². The summed E-state index contributed by atoms with van der Waals surface area (Å²) in [5, 5.41) is 3.58. The molecule has 2 unspecified atom stereocenters. The third kappa shape index (κ3) is 4.02. The fraction of sp³-hybridized carbons (Fsp3) is 0.625. The summed E-state index contributed by atoms with van der Waals surface area (Å²) < 4.78 is 5.42. The van der Waals surface area contributed by atoms with Gasteiger partial charge in [0.1, 0.15) is 5.75 Å². The van der Waals surface area contributed by atoms with Gasteiger partial charge >= 0.3 is 0 Å². The van der Waals surface area contributed by atoms with Gasteiger partial charge in [-0.25, -0.2) is 0 Å². The topological polar surface area (TPSA) is 21.3 Å². The van der Waals surface area contributed by atoms with Gasteiger partial charge in [-0.05, 0) is 43.0 Å². The van der Waals surface area contributed by atoms with E-state index in [0.29, 0.717) is 6.04 Å². The van der Waals surface area contributed by atoms with Gasteiger partial charge < -0.3 is 10.1 Å². The molecule has 2 atom stereocenters. The van der Waals surface area contributed by atoms with Crippen LogP contribution in [-0.4, -0.2) is 13.7 Å². The van der Waals surface area contributed by atoms with E-state index in [2.05, 4.69) is 51.2 Å². The molecule has 0 aliphatic rings. The molecular weight excluding hydrogens is 222 g/mol. The summed E-state index contributed by atoms with van der Waals surface area (Å²) in [5.41, 5.74) is 2.53. The van der Waals surface area contributed by atoms with Crippen molar-refractivity contribution in [3.63, 3.8) is 0 Å². The first-order valence-corrected chi connectivity index (χ1v) is 7.00. The molecule has 0 saturated heterocycles. The maximum atomic E-state index is 5.42. The van der Waals surface area contributed by atoms with Gasteiger partial charge in [-0.3, -0.25) is 0 Å². The summed E-state index contributed by atoms with van der Waals surface area (Å²) in [6, 6.07) is 6.97. The standard InChI is InChI=1S/C16H27NO/c1-6-12(3)10-15(17-7-2)14-9-8-13(4)16(11-14)18-5/h8-9,11-12,15,17H,6-7,10H2,1-5H3. The smallest absolute Gasteiger partial charge is 0.122 e. The summed E-state index contributed by atoms with van der Waals surface area (Å²) in [6.45, 7) is 9.81. The van der Waals surface area contributed by atoms with E-state index in [1.165, 1.54) is 24.0 Å². The minimum absolute atomic E-state index is 0.430. The Kier molecular flexibility index (Phi) is 6.20. The van der Waals surface area contributed by atoms with E-state index in [1.807, 2.05) is 0 Å². The van der Waals surface area contributed by atoms with Crippen LogP contribution in [0.15, 0.2) is 18.2 Å². The minimum atomic E-state index is 0.430. The Labute approximate surface area is 112 Å². The summed E-state index contributed by atoms with van der Waals surface area (Å²) in [4.78, 5) is 0. The second-order valence-electron chi connectivity index (χ2n) is 5.09. The van der Waals surface area contributed by atoms with Crippen LogP contribution < -0.4 is 10.1 Å². The van der Waals surface area contributed by atoms with Crippen molar-refractivity contribution in [2.75, 3.05) is 13.7 Å². The average molecular weight is 249 g/mol. The molecule has 2 nitrogen and oxygen atoms in total. The molecule has 0 bridgehead atoms. The van der Waals surface area contributed by atoms with Crippen molar-refractivity contribution >= 4 is 0 Å². The predicted octanol–water partition coefficient (Wildman–Crippen LogP) is 4.09. The third-order valence-electron chi connectivity index (χ3n) is 3.62. The van der Waals surface area contributed by atoms with E-state index in [1.54, 1.807) is 7.11 Å². The zero-order chi connectivity index (χ0) is 13.5. The van der Waals surface area contributed by atoms with Crippen LogP contribution in [0.4, 0.5) is 0 Å². The number of methoxy groups -OCH3 is 1. The van der Waals surface area contributed by atoms with Crippen LogP contribution in [0, 0.1) is 12.8 Å². The van der Waals surface area contributed by atoms with Crippen molar-refractivity contribution in [2.24, 2.45) is 5.92 Å². The molecule has 0 saturated carbocycles. The lowest BCUT2D eigenvalue weighted by Gasteiger charge is -2.22. The lowest BCUT2D eigenvalue weighted by molar-refractivity contribution is 0.397. The van der Waals surface area contributed by atoms with Crippen LogP contribution in [0.2, 0.25) is 0 Å². The van der Waals surface area contributed by atoms with Crippen molar-refractivity contribution in [2.45, 2.75) is 46.6 Å². The number of benzene rings is 1. The van der Waals surface area contributed by atoms with Crippen LogP contribution in [0.1, 0.15) is 50.8 Å². The molecule has 0 amide bonds. The average Bonchev–Trinajstić information content (AvgIpc) is 2.38. The van der Waals surface area contributed by atoms with Crippen LogP contribution in [0.25, 0.3) is 0 Å². The monoisotopic (exact) mass is 249 g/mol. The lowest BCUT2D eigenvalue weighted by Crippen LogP contribution is -2.23. The van der Waals surface area contributed by atoms with Gasteiger partial charge in [0.2, 0.25) is 0 Å². The van der Waals surface area contributed by atoms with E-state index in [4.69, 9.17) is 4.74 Å². The van der Waals surface area contributed by atoms with Crippen molar-refractivity contribution < 1.29 is 4.74 Å². The molecule has 0 spiro atoms. The van der Waals surface area contributed by atoms with E-state index in [9.17, 15) is 0 Å². The van der Waals surface area contributed by atoms with Crippen LogP contribution >= 0.6 is 0 Å². The molecule has 0 aliphatic carbocycles. The Balaban J connectivity index is 2.90. The number of aryl methyl sites for hydroxylation is 1. The molecule has 0 aliphatic heterocycles. The van der Waals surface area contributed by atoms with Crippen molar-refractivity contribution in [1.29, 1.82) is 0 Å². The second-order valence-corrected chi connectivity index (χ2v) is 5.09. The fourth-order valence-corrected chi connectivity index (χ4v) is 2.21. The van der Waals surface area contributed by atoms with E-state index in [-0.39, 0.29) is 0 Å². The zero-order valence-corrected chi connectivity index (χ0v) is 12.4. The molecule has 1 N–H and O–H groups in total. The highest BCUT2D eigenvalue weighted by Gasteiger charge is 2.14.